The number of rotatable bonds is 2. The summed E-state index contributed by atoms with van der Waals surface area (Å²) in [7, 11) is 0. The van der Waals surface area contributed by atoms with E-state index in [1.807, 2.05) is 30.3 Å². The van der Waals surface area contributed by atoms with E-state index in [4.69, 9.17) is 4.42 Å². The zero-order chi connectivity index (χ0) is 16.5. The van der Waals surface area contributed by atoms with E-state index >= 15 is 0 Å². The number of hydrogen-bond donors (Lipinski definition) is 1. The lowest BCUT2D eigenvalue weighted by Gasteiger charge is -2.26. The molecular weight excluding hydrogens is 302 g/mol. The van der Waals surface area contributed by atoms with Gasteiger partial charge in [0.25, 0.3) is 5.91 Å². The molecule has 1 aromatic heterocycles. The van der Waals surface area contributed by atoms with Gasteiger partial charge in [-0.3, -0.25) is 4.79 Å². The zero-order valence-electron chi connectivity index (χ0n) is 13.1. The van der Waals surface area contributed by atoms with Gasteiger partial charge in [-0.2, -0.15) is 0 Å². The highest BCUT2D eigenvalue weighted by Crippen LogP contribution is 2.29. The Morgan fingerprint density at radius 1 is 1.08 bits per heavy atom. The molecule has 2 aromatic carbocycles. The molecular formula is C20H17NO3. The molecule has 120 valence electrons. The fourth-order valence-electron chi connectivity index (χ4n) is 3.36. The molecule has 1 heterocycles. The van der Waals surface area contributed by atoms with Gasteiger partial charge in [0.2, 0.25) is 0 Å². The summed E-state index contributed by atoms with van der Waals surface area (Å²) in [4.78, 5) is 24.8. The van der Waals surface area contributed by atoms with Crippen LogP contribution in [0.15, 0.2) is 63.8 Å². The predicted molar refractivity (Wildman–Crippen MR) is 92.1 cm³/mol. The topological polar surface area (TPSA) is 59.3 Å². The quantitative estimate of drug-likeness (QED) is 0.734. The van der Waals surface area contributed by atoms with Crippen molar-refractivity contribution in [3.8, 4) is 0 Å². The molecule has 1 unspecified atom stereocenters. The molecule has 0 saturated carbocycles. The molecule has 1 N–H and O–H groups in total. The van der Waals surface area contributed by atoms with Crippen LogP contribution in [0.2, 0.25) is 0 Å². The minimum atomic E-state index is -0.602. The molecule has 1 amide bonds. The van der Waals surface area contributed by atoms with Crippen LogP contribution in [0.25, 0.3) is 11.0 Å². The van der Waals surface area contributed by atoms with Crippen molar-refractivity contribution < 1.29 is 9.21 Å². The van der Waals surface area contributed by atoms with Crippen molar-refractivity contribution in [3.05, 3.63) is 81.7 Å². The first-order chi connectivity index (χ1) is 11.7. The van der Waals surface area contributed by atoms with Crippen molar-refractivity contribution >= 4 is 16.9 Å². The third-order valence-corrected chi connectivity index (χ3v) is 4.56. The minimum Gasteiger partial charge on any atom is -0.422 e. The number of carbonyl (C=O) groups is 1. The third-order valence-electron chi connectivity index (χ3n) is 4.56. The summed E-state index contributed by atoms with van der Waals surface area (Å²) >= 11 is 0. The van der Waals surface area contributed by atoms with E-state index in [9.17, 15) is 9.59 Å². The number of hydrogen-bond acceptors (Lipinski definition) is 3. The summed E-state index contributed by atoms with van der Waals surface area (Å²) in [6.07, 6.45) is 2.93. The summed E-state index contributed by atoms with van der Waals surface area (Å²) < 4.78 is 5.26. The molecule has 4 rings (SSSR count). The monoisotopic (exact) mass is 319 g/mol. The molecule has 0 fully saturated rings. The van der Waals surface area contributed by atoms with E-state index in [1.54, 1.807) is 18.2 Å². The Morgan fingerprint density at radius 3 is 2.79 bits per heavy atom. The second-order valence-electron chi connectivity index (χ2n) is 6.10. The first-order valence-electron chi connectivity index (χ1n) is 8.14. The maximum Gasteiger partial charge on any atom is 0.349 e. The summed E-state index contributed by atoms with van der Waals surface area (Å²) in [6.45, 7) is 0. The lowest BCUT2D eigenvalue weighted by Crippen LogP contribution is -2.33. The van der Waals surface area contributed by atoms with Gasteiger partial charge in [-0.15, -0.1) is 0 Å². The molecule has 0 saturated heterocycles. The van der Waals surface area contributed by atoms with Crippen LogP contribution >= 0.6 is 0 Å². The SMILES string of the molecule is O=C(NC1CCCc2ccccc21)c1cc2ccccc2oc1=O. The normalized spacial score (nSPS) is 16.6. The number of fused-ring (bicyclic) bond motifs is 2. The lowest BCUT2D eigenvalue weighted by molar-refractivity contribution is 0.0929. The Morgan fingerprint density at radius 2 is 1.88 bits per heavy atom. The summed E-state index contributed by atoms with van der Waals surface area (Å²) in [5, 5.41) is 3.74. The molecule has 1 atom stereocenters. The van der Waals surface area contributed by atoms with Gasteiger partial charge in [0.05, 0.1) is 6.04 Å². The second-order valence-corrected chi connectivity index (χ2v) is 6.10. The smallest absolute Gasteiger partial charge is 0.349 e. The first kappa shape index (κ1) is 14.7. The van der Waals surface area contributed by atoms with Crippen molar-refractivity contribution in [2.75, 3.05) is 0 Å². The van der Waals surface area contributed by atoms with Crippen LogP contribution in [0.4, 0.5) is 0 Å². The van der Waals surface area contributed by atoms with Gasteiger partial charge in [0.15, 0.2) is 0 Å². The van der Waals surface area contributed by atoms with Crippen LogP contribution in [0.1, 0.15) is 40.4 Å². The van der Waals surface area contributed by atoms with Crippen LogP contribution in [0.3, 0.4) is 0 Å². The minimum absolute atomic E-state index is 0.0526. The van der Waals surface area contributed by atoms with Crippen molar-refractivity contribution in [2.45, 2.75) is 25.3 Å². The molecule has 4 heteroatoms. The van der Waals surface area contributed by atoms with E-state index < -0.39 is 5.63 Å². The maximum absolute atomic E-state index is 12.6. The average Bonchev–Trinajstić information content (AvgIpc) is 2.61. The molecule has 4 nitrogen and oxygen atoms in total. The van der Waals surface area contributed by atoms with Crippen LogP contribution < -0.4 is 10.9 Å². The molecule has 0 spiro atoms. The van der Waals surface area contributed by atoms with Crippen molar-refractivity contribution in [1.82, 2.24) is 5.32 Å². The van der Waals surface area contributed by atoms with Gasteiger partial charge < -0.3 is 9.73 Å². The maximum atomic E-state index is 12.6. The first-order valence-corrected chi connectivity index (χ1v) is 8.14. The van der Waals surface area contributed by atoms with E-state index in [1.165, 1.54) is 5.56 Å². The fourth-order valence-corrected chi connectivity index (χ4v) is 3.36. The van der Waals surface area contributed by atoms with Crippen molar-refractivity contribution in [2.24, 2.45) is 0 Å². The molecule has 0 radical (unpaired) electrons. The fraction of sp³-hybridized carbons (Fsp3) is 0.200. The standard InChI is InChI=1S/C20H17NO3/c22-19(16-12-14-7-2-4-11-18(14)24-20(16)23)21-17-10-5-8-13-6-1-3-9-15(13)17/h1-4,6-7,9,11-12,17H,5,8,10H2,(H,21,22). The van der Waals surface area contributed by atoms with E-state index in [0.717, 1.165) is 30.2 Å². The highest BCUT2D eigenvalue weighted by molar-refractivity contribution is 5.96. The Bertz CT molecular complexity index is 974. The third kappa shape index (κ3) is 2.60. The van der Waals surface area contributed by atoms with Crippen LogP contribution in [-0.2, 0) is 6.42 Å². The van der Waals surface area contributed by atoms with Crippen molar-refractivity contribution in [1.29, 1.82) is 0 Å². The number of para-hydroxylation sites is 1. The Labute approximate surface area is 139 Å². The molecule has 0 bridgehead atoms. The highest BCUT2D eigenvalue weighted by Gasteiger charge is 2.23. The van der Waals surface area contributed by atoms with Gasteiger partial charge >= 0.3 is 5.63 Å². The van der Waals surface area contributed by atoms with E-state index in [2.05, 4.69) is 11.4 Å². The number of carbonyl (C=O) groups excluding carboxylic acids is 1. The summed E-state index contributed by atoms with van der Waals surface area (Å²) in [5.41, 5.74) is 2.34. The van der Waals surface area contributed by atoms with E-state index in [0.29, 0.717) is 5.58 Å². The lowest BCUT2D eigenvalue weighted by atomic mass is 9.87. The van der Waals surface area contributed by atoms with Crippen LogP contribution in [0.5, 0.6) is 0 Å². The average molecular weight is 319 g/mol. The second kappa shape index (κ2) is 5.96. The van der Waals surface area contributed by atoms with Gasteiger partial charge in [0, 0.05) is 5.39 Å². The Kier molecular flexibility index (Phi) is 3.65. The number of aryl methyl sites for hydroxylation is 1. The molecule has 24 heavy (non-hydrogen) atoms. The number of amides is 1. The largest absolute Gasteiger partial charge is 0.422 e. The Hall–Kier alpha value is -2.88. The number of nitrogens with one attached hydrogen (secondary N) is 1. The Balaban J connectivity index is 1.66. The van der Waals surface area contributed by atoms with Crippen LogP contribution in [0, 0.1) is 0 Å². The molecule has 1 aliphatic carbocycles. The summed E-state index contributed by atoms with van der Waals surface area (Å²) in [6, 6.07) is 16.9. The highest BCUT2D eigenvalue weighted by atomic mass is 16.4. The van der Waals surface area contributed by atoms with Gasteiger partial charge in [-0.25, -0.2) is 4.79 Å². The zero-order valence-corrected chi connectivity index (χ0v) is 13.1. The van der Waals surface area contributed by atoms with Crippen molar-refractivity contribution in [3.63, 3.8) is 0 Å². The van der Waals surface area contributed by atoms with Gasteiger partial charge in [-0.05, 0) is 42.5 Å². The molecule has 0 aliphatic heterocycles. The molecule has 1 aliphatic rings. The predicted octanol–water partition coefficient (Wildman–Crippen LogP) is 3.60. The summed E-state index contributed by atoms with van der Waals surface area (Å²) in [5.74, 6) is -0.379. The van der Waals surface area contributed by atoms with Gasteiger partial charge in [0.1, 0.15) is 11.1 Å². The molecule has 3 aromatic rings. The van der Waals surface area contributed by atoms with Crippen LogP contribution in [-0.4, -0.2) is 5.91 Å². The number of benzene rings is 2. The van der Waals surface area contributed by atoms with Gasteiger partial charge in [-0.1, -0.05) is 42.5 Å². The van der Waals surface area contributed by atoms with E-state index in [-0.39, 0.29) is 17.5 Å².